The summed E-state index contributed by atoms with van der Waals surface area (Å²) in [6.07, 6.45) is 1.79. The zero-order chi connectivity index (χ0) is 20.2. The quantitative estimate of drug-likeness (QED) is 0.585. The molecule has 152 valence electrons. The van der Waals surface area contributed by atoms with Gasteiger partial charge < -0.3 is 13.7 Å². The highest BCUT2D eigenvalue weighted by molar-refractivity contribution is 5.77. The van der Waals surface area contributed by atoms with Crippen molar-refractivity contribution in [2.45, 2.75) is 33.2 Å². The van der Waals surface area contributed by atoms with Crippen LogP contribution in [0.2, 0.25) is 0 Å². The molecule has 0 spiro atoms. The number of ether oxygens (including phenoxy) is 1. The molecule has 0 bridgehead atoms. The van der Waals surface area contributed by atoms with Crippen molar-refractivity contribution in [3.05, 3.63) is 42.0 Å². The molecule has 3 aromatic rings. The van der Waals surface area contributed by atoms with Gasteiger partial charge in [0.05, 0.1) is 19.1 Å². The van der Waals surface area contributed by atoms with E-state index in [4.69, 9.17) is 13.7 Å². The molecule has 0 radical (unpaired) electrons. The predicted molar refractivity (Wildman–Crippen MR) is 105 cm³/mol. The Labute approximate surface area is 168 Å². The highest BCUT2D eigenvalue weighted by atomic mass is 16.5. The highest BCUT2D eigenvalue weighted by Crippen LogP contribution is 2.33. The number of hydrogen-bond donors (Lipinski definition) is 0. The predicted octanol–water partition coefficient (Wildman–Crippen LogP) is 3.48. The van der Waals surface area contributed by atoms with Gasteiger partial charge in [-0.3, -0.25) is 9.69 Å². The van der Waals surface area contributed by atoms with Gasteiger partial charge in [0.1, 0.15) is 17.0 Å². The first kappa shape index (κ1) is 19.3. The fourth-order valence-corrected chi connectivity index (χ4v) is 3.68. The van der Waals surface area contributed by atoms with Crippen molar-refractivity contribution < 1.29 is 18.5 Å². The van der Waals surface area contributed by atoms with Crippen molar-refractivity contribution in [3.63, 3.8) is 0 Å². The van der Waals surface area contributed by atoms with Gasteiger partial charge in [0.25, 0.3) is 5.89 Å². The first-order chi connectivity index (χ1) is 14.2. The molecule has 29 heavy (non-hydrogen) atoms. The Morgan fingerprint density at radius 1 is 1.28 bits per heavy atom. The first-order valence-electron chi connectivity index (χ1n) is 9.89. The fourth-order valence-electron chi connectivity index (χ4n) is 3.68. The van der Waals surface area contributed by atoms with Gasteiger partial charge in [-0.2, -0.15) is 0 Å². The number of piperidine rings is 1. The zero-order valence-corrected chi connectivity index (χ0v) is 16.6. The second-order valence-electron chi connectivity index (χ2n) is 7.16. The molecule has 0 amide bonds. The van der Waals surface area contributed by atoms with Gasteiger partial charge in [-0.1, -0.05) is 35.5 Å². The van der Waals surface area contributed by atoms with Crippen molar-refractivity contribution in [2.24, 2.45) is 5.92 Å². The van der Waals surface area contributed by atoms with Gasteiger partial charge in [-0.25, -0.2) is 0 Å². The second-order valence-corrected chi connectivity index (χ2v) is 7.16. The summed E-state index contributed by atoms with van der Waals surface area (Å²) >= 11 is 0. The third kappa shape index (κ3) is 4.22. The first-order valence-corrected chi connectivity index (χ1v) is 9.89. The van der Waals surface area contributed by atoms with Crippen LogP contribution in [0.4, 0.5) is 0 Å². The SMILES string of the molecule is CCOC(=O)C1CCCN(Cc2nnc(-c3c(-c4ccccc4)noc3C)o2)C1. The second kappa shape index (κ2) is 8.57. The Morgan fingerprint density at radius 3 is 2.90 bits per heavy atom. The topological polar surface area (TPSA) is 94.5 Å². The van der Waals surface area contributed by atoms with Gasteiger partial charge in [-0.15, -0.1) is 10.2 Å². The largest absolute Gasteiger partial charge is 0.466 e. The van der Waals surface area contributed by atoms with E-state index in [-0.39, 0.29) is 11.9 Å². The van der Waals surface area contributed by atoms with Crippen LogP contribution in [0.5, 0.6) is 0 Å². The van der Waals surface area contributed by atoms with Crippen molar-refractivity contribution in [1.82, 2.24) is 20.3 Å². The molecule has 1 unspecified atom stereocenters. The van der Waals surface area contributed by atoms with Crippen molar-refractivity contribution >= 4 is 5.97 Å². The number of esters is 1. The van der Waals surface area contributed by atoms with Crippen LogP contribution >= 0.6 is 0 Å². The molecule has 2 aromatic heterocycles. The summed E-state index contributed by atoms with van der Waals surface area (Å²) in [6.45, 7) is 6.08. The molecule has 1 atom stereocenters. The number of likely N-dealkylation sites (tertiary alicyclic amines) is 1. The molecule has 1 aromatic carbocycles. The van der Waals surface area contributed by atoms with E-state index in [1.54, 1.807) is 0 Å². The minimum absolute atomic E-state index is 0.101. The molecule has 4 rings (SSSR count). The summed E-state index contributed by atoms with van der Waals surface area (Å²) in [7, 11) is 0. The lowest BCUT2D eigenvalue weighted by Gasteiger charge is -2.30. The summed E-state index contributed by atoms with van der Waals surface area (Å²) in [5, 5.41) is 12.6. The van der Waals surface area contributed by atoms with Crippen LogP contribution in [-0.2, 0) is 16.1 Å². The highest BCUT2D eigenvalue weighted by Gasteiger charge is 2.28. The van der Waals surface area contributed by atoms with Crippen LogP contribution in [0.15, 0.2) is 39.3 Å². The van der Waals surface area contributed by atoms with Crippen molar-refractivity contribution in [1.29, 1.82) is 0 Å². The van der Waals surface area contributed by atoms with Crippen LogP contribution in [0, 0.1) is 12.8 Å². The average molecular weight is 396 g/mol. The van der Waals surface area contributed by atoms with E-state index in [1.807, 2.05) is 44.2 Å². The smallest absolute Gasteiger partial charge is 0.310 e. The van der Waals surface area contributed by atoms with Crippen LogP contribution in [0.25, 0.3) is 22.7 Å². The third-order valence-electron chi connectivity index (χ3n) is 5.07. The molecular weight excluding hydrogens is 372 g/mol. The van der Waals surface area contributed by atoms with Crippen molar-refractivity contribution in [3.8, 4) is 22.7 Å². The number of carbonyl (C=O) groups excluding carboxylic acids is 1. The Hall–Kier alpha value is -3.00. The summed E-state index contributed by atoms with van der Waals surface area (Å²) in [5.41, 5.74) is 2.31. The van der Waals surface area contributed by atoms with Gasteiger partial charge >= 0.3 is 5.97 Å². The summed E-state index contributed by atoms with van der Waals surface area (Å²) in [4.78, 5) is 14.2. The molecule has 1 saturated heterocycles. The third-order valence-corrected chi connectivity index (χ3v) is 5.07. The van der Waals surface area contributed by atoms with E-state index in [1.165, 1.54) is 0 Å². The lowest BCUT2D eigenvalue weighted by Crippen LogP contribution is -2.39. The molecule has 0 aliphatic carbocycles. The fraction of sp³-hybridized carbons (Fsp3) is 0.429. The van der Waals surface area contributed by atoms with E-state index in [0.717, 1.165) is 24.9 Å². The molecule has 0 saturated carbocycles. The van der Waals surface area contributed by atoms with Crippen LogP contribution in [-0.4, -0.2) is 45.9 Å². The van der Waals surface area contributed by atoms with E-state index < -0.39 is 0 Å². The van der Waals surface area contributed by atoms with Crippen molar-refractivity contribution in [2.75, 3.05) is 19.7 Å². The molecule has 1 aliphatic heterocycles. The minimum Gasteiger partial charge on any atom is -0.466 e. The maximum atomic E-state index is 12.0. The number of nitrogens with zero attached hydrogens (tertiary/aromatic N) is 4. The number of benzene rings is 1. The molecule has 1 fully saturated rings. The average Bonchev–Trinajstić information content (AvgIpc) is 3.35. The summed E-state index contributed by atoms with van der Waals surface area (Å²) < 4.78 is 16.5. The van der Waals surface area contributed by atoms with E-state index >= 15 is 0 Å². The van der Waals surface area contributed by atoms with Crippen LogP contribution in [0.3, 0.4) is 0 Å². The van der Waals surface area contributed by atoms with Gasteiger partial charge in [0.2, 0.25) is 5.89 Å². The lowest BCUT2D eigenvalue weighted by molar-refractivity contribution is -0.150. The normalized spacial score (nSPS) is 17.4. The van der Waals surface area contributed by atoms with E-state index in [9.17, 15) is 4.79 Å². The molecule has 0 N–H and O–H groups in total. The van der Waals surface area contributed by atoms with Gasteiger partial charge in [0, 0.05) is 12.1 Å². The maximum Gasteiger partial charge on any atom is 0.310 e. The number of rotatable bonds is 6. The number of carbonyl (C=O) groups is 1. The van der Waals surface area contributed by atoms with E-state index in [0.29, 0.717) is 48.5 Å². The minimum atomic E-state index is -0.129. The summed E-state index contributed by atoms with van der Waals surface area (Å²) in [6, 6.07) is 9.75. The number of aryl methyl sites for hydroxylation is 1. The number of hydrogen-bond acceptors (Lipinski definition) is 8. The zero-order valence-electron chi connectivity index (χ0n) is 16.6. The Balaban J connectivity index is 1.50. The Morgan fingerprint density at radius 2 is 2.10 bits per heavy atom. The summed E-state index contributed by atoms with van der Waals surface area (Å²) in [5.74, 6) is 1.28. The molecule has 3 heterocycles. The van der Waals surface area contributed by atoms with Gasteiger partial charge in [0.15, 0.2) is 0 Å². The Bertz CT molecular complexity index is 966. The van der Waals surface area contributed by atoms with E-state index in [2.05, 4.69) is 20.3 Å². The lowest BCUT2D eigenvalue weighted by atomic mass is 9.98. The maximum absolute atomic E-state index is 12.0. The molecule has 8 nitrogen and oxygen atoms in total. The number of aromatic nitrogens is 3. The molecular formula is C21H24N4O4. The van der Waals surface area contributed by atoms with Crippen LogP contribution in [0.1, 0.15) is 31.4 Å². The monoisotopic (exact) mass is 396 g/mol. The van der Waals surface area contributed by atoms with Gasteiger partial charge in [-0.05, 0) is 33.2 Å². The molecule has 1 aliphatic rings. The van der Waals surface area contributed by atoms with Crippen LogP contribution < -0.4 is 0 Å². The Kier molecular flexibility index (Phi) is 5.71. The molecule has 8 heteroatoms. The standard InChI is InChI=1S/C21H24N4O4/c1-3-27-21(26)16-10-7-11-25(12-16)13-17-22-23-20(28-17)18-14(2)29-24-19(18)15-8-5-4-6-9-15/h4-6,8-9,16H,3,7,10-13H2,1-2H3.